The normalized spacial score (nSPS) is 18.4. The summed E-state index contributed by atoms with van der Waals surface area (Å²) in [5, 5.41) is 7.30. The zero-order valence-corrected chi connectivity index (χ0v) is 15.2. The first kappa shape index (κ1) is 17.5. The number of rotatable bonds is 4. The Hall–Kier alpha value is -2.34. The lowest BCUT2D eigenvalue weighted by Crippen LogP contribution is -2.48. The van der Waals surface area contributed by atoms with Gasteiger partial charge in [-0.2, -0.15) is 0 Å². The van der Waals surface area contributed by atoms with Crippen molar-refractivity contribution in [2.45, 2.75) is 33.4 Å². The molecule has 1 N–H and O–H groups in total. The number of benzene rings is 1. The molecule has 1 aromatic heterocycles. The van der Waals surface area contributed by atoms with Gasteiger partial charge in [-0.05, 0) is 31.9 Å². The second kappa shape index (κ2) is 8.16. The van der Waals surface area contributed by atoms with Crippen LogP contribution in [0.1, 0.15) is 35.4 Å². The van der Waals surface area contributed by atoms with Crippen molar-refractivity contribution in [2.75, 3.05) is 26.2 Å². The minimum Gasteiger partial charge on any atom is -0.370 e. The molecule has 0 saturated carbocycles. The van der Waals surface area contributed by atoms with Crippen molar-refractivity contribution in [1.29, 1.82) is 0 Å². The molecule has 0 spiro atoms. The number of aromatic nitrogens is 1. The molecule has 6 nitrogen and oxygen atoms in total. The van der Waals surface area contributed by atoms with Crippen LogP contribution in [-0.2, 0) is 11.3 Å². The van der Waals surface area contributed by atoms with Crippen LogP contribution >= 0.6 is 0 Å². The summed E-state index contributed by atoms with van der Waals surface area (Å²) in [6.45, 7) is 9.97. The van der Waals surface area contributed by atoms with Crippen LogP contribution in [0.5, 0.6) is 0 Å². The van der Waals surface area contributed by atoms with Gasteiger partial charge in [-0.15, -0.1) is 0 Å². The Morgan fingerprint density at radius 1 is 1.36 bits per heavy atom. The van der Waals surface area contributed by atoms with E-state index in [9.17, 15) is 0 Å². The lowest BCUT2D eigenvalue weighted by Gasteiger charge is -2.35. The first-order valence-electron chi connectivity index (χ1n) is 8.78. The Morgan fingerprint density at radius 3 is 2.96 bits per heavy atom. The smallest absolute Gasteiger partial charge is 0.194 e. The molecule has 1 aliphatic heterocycles. The van der Waals surface area contributed by atoms with Crippen LogP contribution < -0.4 is 5.32 Å². The van der Waals surface area contributed by atoms with Crippen molar-refractivity contribution < 1.29 is 9.26 Å². The Bertz CT molecular complexity index is 712. The lowest BCUT2D eigenvalue weighted by atomic mass is 10.00. The average molecular weight is 342 g/mol. The van der Waals surface area contributed by atoms with E-state index in [0.29, 0.717) is 13.2 Å². The maximum absolute atomic E-state index is 6.04. The summed E-state index contributed by atoms with van der Waals surface area (Å²) in [6.07, 6.45) is 1.63. The topological polar surface area (TPSA) is 62.9 Å². The van der Waals surface area contributed by atoms with E-state index in [1.807, 2.05) is 6.07 Å². The second-order valence-corrected chi connectivity index (χ2v) is 6.33. The minimum atomic E-state index is 0.0604. The van der Waals surface area contributed by atoms with E-state index in [1.165, 1.54) is 16.7 Å². The van der Waals surface area contributed by atoms with E-state index < -0.39 is 0 Å². The van der Waals surface area contributed by atoms with Crippen molar-refractivity contribution in [3.63, 3.8) is 0 Å². The Labute approximate surface area is 148 Å². The van der Waals surface area contributed by atoms with Gasteiger partial charge in [-0.1, -0.05) is 28.9 Å². The SMILES string of the molecule is CCNC(=NCc1ccon1)N1CCOC(c2ccc(C)cc2C)C1. The monoisotopic (exact) mass is 342 g/mol. The van der Waals surface area contributed by atoms with E-state index in [-0.39, 0.29) is 6.10 Å². The highest BCUT2D eigenvalue weighted by molar-refractivity contribution is 5.80. The minimum absolute atomic E-state index is 0.0604. The number of hydrogen-bond acceptors (Lipinski definition) is 4. The van der Waals surface area contributed by atoms with Crippen LogP contribution in [0.4, 0.5) is 0 Å². The fourth-order valence-corrected chi connectivity index (χ4v) is 3.12. The largest absolute Gasteiger partial charge is 0.370 e. The van der Waals surface area contributed by atoms with Crippen LogP contribution in [-0.4, -0.2) is 42.3 Å². The van der Waals surface area contributed by atoms with Crippen molar-refractivity contribution in [3.8, 4) is 0 Å². The van der Waals surface area contributed by atoms with E-state index in [4.69, 9.17) is 14.3 Å². The molecule has 134 valence electrons. The summed E-state index contributed by atoms with van der Waals surface area (Å²) >= 11 is 0. The molecule has 1 aromatic carbocycles. The van der Waals surface area contributed by atoms with Crippen molar-refractivity contribution >= 4 is 5.96 Å². The van der Waals surface area contributed by atoms with Crippen LogP contribution in [0.25, 0.3) is 0 Å². The van der Waals surface area contributed by atoms with Crippen LogP contribution in [0, 0.1) is 13.8 Å². The average Bonchev–Trinajstić information content (AvgIpc) is 3.12. The highest BCUT2D eigenvalue weighted by Crippen LogP contribution is 2.26. The first-order valence-corrected chi connectivity index (χ1v) is 8.78. The van der Waals surface area contributed by atoms with Gasteiger partial charge in [0.1, 0.15) is 18.1 Å². The van der Waals surface area contributed by atoms with Crippen LogP contribution in [0.15, 0.2) is 40.0 Å². The lowest BCUT2D eigenvalue weighted by molar-refractivity contribution is -0.00834. The number of hydrogen-bond donors (Lipinski definition) is 1. The Balaban J connectivity index is 1.74. The molecule has 0 aliphatic carbocycles. The van der Waals surface area contributed by atoms with Crippen molar-refractivity contribution in [3.05, 3.63) is 52.9 Å². The Morgan fingerprint density at radius 2 is 2.24 bits per heavy atom. The molecule has 1 unspecified atom stereocenters. The molecule has 6 heteroatoms. The highest BCUT2D eigenvalue weighted by Gasteiger charge is 2.25. The molecule has 1 saturated heterocycles. The zero-order valence-electron chi connectivity index (χ0n) is 15.2. The molecule has 3 rings (SSSR count). The molecular weight excluding hydrogens is 316 g/mol. The molecular formula is C19H26N4O2. The summed E-state index contributed by atoms with van der Waals surface area (Å²) in [5.74, 6) is 0.892. The summed E-state index contributed by atoms with van der Waals surface area (Å²) < 4.78 is 10.9. The van der Waals surface area contributed by atoms with Gasteiger partial charge in [0.05, 0.1) is 19.7 Å². The summed E-state index contributed by atoms with van der Waals surface area (Å²) in [4.78, 5) is 6.96. The fourth-order valence-electron chi connectivity index (χ4n) is 3.12. The quantitative estimate of drug-likeness (QED) is 0.684. The van der Waals surface area contributed by atoms with Crippen molar-refractivity contribution in [1.82, 2.24) is 15.4 Å². The third-order valence-corrected chi connectivity index (χ3v) is 4.36. The van der Waals surface area contributed by atoms with E-state index in [1.54, 1.807) is 6.26 Å². The van der Waals surface area contributed by atoms with Crippen molar-refractivity contribution in [2.24, 2.45) is 4.99 Å². The number of ether oxygens (including phenoxy) is 1. The van der Waals surface area contributed by atoms with Gasteiger partial charge >= 0.3 is 0 Å². The van der Waals surface area contributed by atoms with E-state index in [2.05, 4.69) is 54.3 Å². The molecule has 1 aliphatic rings. The summed E-state index contributed by atoms with van der Waals surface area (Å²) in [7, 11) is 0. The van der Waals surface area contributed by atoms with Gasteiger partial charge in [0, 0.05) is 19.2 Å². The molecule has 1 atom stereocenters. The summed E-state index contributed by atoms with van der Waals surface area (Å²) in [6, 6.07) is 8.37. The zero-order chi connectivity index (χ0) is 17.6. The second-order valence-electron chi connectivity index (χ2n) is 6.33. The van der Waals surface area contributed by atoms with Gasteiger partial charge in [-0.3, -0.25) is 0 Å². The number of guanidine groups is 1. The molecule has 0 amide bonds. The molecule has 1 fully saturated rings. The fraction of sp³-hybridized carbons (Fsp3) is 0.474. The third kappa shape index (κ3) is 4.39. The van der Waals surface area contributed by atoms with Gasteiger partial charge in [-0.25, -0.2) is 4.99 Å². The highest BCUT2D eigenvalue weighted by atomic mass is 16.5. The Kier molecular flexibility index (Phi) is 5.71. The maximum Gasteiger partial charge on any atom is 0.194 e. The van der Waals surface area contributed by atoms with E-state index >= 15 is 0 Å². The number of nitrogens with zero attached hydrogens (tertiary/aromatic N) is 3. The first-order chi connectivity index (χ1) is 12.2. The molecule has 0 bridgehead atoms. The standard InChI is InChI=1S/C19H26N4O2/c1-4-20-19(21-12-16-7-9-25-22-16)23-8-10-24-18(13-23)17-6-5-14(2)11-15(17)3/h5-7,9,11,18H,4,8,10,12-13H2,1-3H3,(H,20,21). The van der Waals surface area contributed by atoms with E-state index in [0.717, 1.165) is 31.3 Å². The van der Waals surface area contributed by atoms with Crippen LogP contribution in [0.2, 0.25) is 0 Å². The van der Waals surface area contributed by atoms with Gasteiger partial charge < -0.3 is 19.5 Å². The maximum atomic E-state index is 6.04. The number of aryl methyl sites for hydroxylation is 2. The number of nitrogens with one attached hydrogen (secondary N) is 1. The predicted octanol–water partition coefficient (Wildman–Crippen LogP) is 2.83. The molecule has 2 heterocycles. The third-order valence-electron chi connectivity index (χ3n) is 4.36. The molecule has 2 aromatic rings. The summed E-state index contributed by atoms with van der Waals surface area (Å²) in [5.41, 5.74) is 4.63. The van der Waals surface area contributed by atoms with Gasteiger partial charge in [0.25, 0.3) is 0 Å². The van der Waals surface area contributed by atoms with Gasteiger partial charge in [0.2, 0.25) is 0 Å². The molecule has 25 heavy (non-hydrogen) atoms. The van der Waals surface area contributed by atoms with Gasteiger partial charge in [0.15, 0.2) is 5.96 Å². The number of morpholine rings is 1. The van der Waals surface area contributed by atoms with Crippen LogP contribution in [0.3, 0.4) is 0 Å². The predicted molar refractivity (Wildman–Crippen MR) is 97.5 cm³/mol. The number of aliphatic imine (C=N–C) groups is 1. The molecule has 0 radical (unpaired) electrons.